The highest BCUT2D eigenvalue weighted by Gasteiger charge is 2.50. The fraction of sp³-hybridized carbons (Fsp3) is 0.667. The smallest absolute Gasteiger partial charge is 0.383 e. The highest BCUT2D eigenvalue weighted by atomic mass is 35.5. The molecule has 1 saturated heterocycles. The zero-order chi connectivity index (χ0) is 23.7. The van der Waals surface area contributed by atoms with Crippen LogP contribution in [0.5, 0.6) is 0 Å². The summed E-state index contributed by atoms with van der Waals surface area (Å²) in [6.45, 7) is 0.0109. The second-order valence-electron chi connectivity index (χ2n) is 6.71. The number of phosphoric acid groups is 2. The fourth-order valence-electron chi connectivity index (χ4n) is 2.90. The van der Waals surface area contributed by atoms with Gasteiger partial charge in [-0.3, -0.25) is 9.13 Å². The van der Waals surface area contributed by atoms with Crippen molar-refractivity contribution in [2.75, 3.05) is 11.6 Å². The molecule has 1 aliphatic rings. The molecule has 0 aliphatic carbocycles. The van der Waals surface area contributed by atoms with Crippen LogP contribution in [-0.2, 0) is 33.6 Å². The van der Waals surface area contributed by atoms with E-state index in [4.69, 9.17) is 31.9 Å². The molecule has 1 aliphatic heterocycles. The van der Waals surface area contributed by atoms with Crippen LogP contribution >= 0.6 is 34.8 Å². The standard InChI is InChI=1S/C12H20ClFN3O11P3/c13-7-12(3-1-8(26-12)6-17-4-2-10(15)16-11(17)18)5-9(14)29(19,20)27-31(24,25)28-30(21,22)23/h2,4,8-9H,1,3,5-7H2,(H,19,20)(H,24,25)(H2,15,16,18)(H2,21,22,23)/t8-,9+,12+/m1/s1. The van der Waals surface area contributed by atoms with Crippen molar-refractivity contribution in [1.29, 1.82) is 0 Å². The minimum atomic E-state index is -5.78. The van der Waals surface area contributed by atoms with E-state index in [1.54, 1.807) is 0 Å². The van der Waals surface area contributed by atoms with E-state index in [2.05, 4.69) is 13.6 Å². The van der Waals surface area contributed by atoms with Gasteiger partial charge in [0.15, 0.2) is 0 Å². The molecule has 0 bridgehead atoms. The van der Waals surface area contributed by atoms with Crippen LogP contribution in [0.15, 0.2) is 17.1 Å². The summed E-state index contributed by atoms with van der Waals surface area (Å²) in [5.41, 5.74) is 3.28. The van der Waals surface area contributed by atoms with Gasteiger partial charge in [-0.15, -0.1) is 11.6 Å². The average molecular weight is 530 g/mol. The molecule has 1 aromatic heterocycles. The molecule has 0 radical (unpaired) electrons. The lowest BCUT2D eigenvalue weighted by Crippen LogP contribution is -2.36. The Bertz CT molecular complexity index is 1010. The average Bonchev–Trinajstić information content (AvgIpc) is 2.97. The summed E-state index contributed by atoms with van der Waals surface area (Å²) >= 11 is 5.87. The summed E-state index contributed by atoms with van der Waals surface area (Å²) in [4.78, 5) is 51.3. The van der Waals surface area contributed by atoms with E-state index in [0.717, 1.165) is 0 Å². The van der Waals surface area contributed by atoms with Gasteiger partial charge in [0.05, 0.1) is 24.1 Å². The van der Waals surface area contributed by atoms with Gasteiger partial charge in [-0.2, -0.15) is 9.29 Å². The highest BCUT2D eigenvalue weighted by molar-refractivity contribution is 7.68. The summed E-state index contributed by atoms with van der Waals surface area (Å²) in [5, 5.41) is 0. The van der Waals surface area contributed by atoms with E-state index in [-0.39, 0.29) is 31.1 Å². The lowest BCUT2D eigenvalue weighted by atomic mass is 9.98. The van der Waals surface area contributed by atoms with E-state index in [1.807, 2.05) is 0 Å². The zero-order valence-corrected chi connectivity index (χ0v) is 19.0. The number of nitrogens with two attached hydrogens (primary N) is 1. The molecule has 19 heteroatoms. The normalized spacial score (nSPS) is 26.8. The first-order valence-electron chi connectivity index (χ1n) is 8.41. The first-order valence-corrected chi connectivity index (χ1v) is 13.6. The Morgan fingerprint density at radius 2 is 2.00 bits per heavy atom. The van der Waals surface area contributed by atoms with E-state index < -0.39 is 53.0 Å². The molecule has 31 heavy (non-hydrogen) atoms. The van der Waals surface area contributed by atoms with Crippen LogP contribution in [0.1, 0.15) is 19.3 Å². The molecular weight excluding hydrogens is 510 g/mol. The number of anilines is 1. The van der Waals surface area contributed by atoms with Gasteiger partial charge in [-0.1, -0.05) is 0 Å². The van der Waals surface area contributed by atoms with Gasteiger partial charge in [0, 0.05) is 12.6 Å². The molecule has 0 saturated carbocycles. The lowest BCUT2D eigenvalue weighted by Gasteiger charge is -2.30. The molecule has 5 atom stereocenters. The summed E-state index contributed by atoms with van der Waals surface area (Å²) in [7, 11) is -16.9. The summed E-state index contributed by atoms with van der Waals surface area (Å²) < 4.78 is 62.7. The summed E-state index contributed by atoms with van der Waals surface area (Å²) in [6, 6.07) is 1.38. The van der Waals surface area contributed by atoms with Crippen LogP contribution in [0.2, 0.25) is 0 Å². The van der Waals surface area contributed by atoms with Crippen molar-refractivity contribution in [1.82, 2.24) is 9.55 Å². The Kier molecular flexibility index (Phi) is 8.28. The van der Waals surface area contributed by atoms with Crippen molar-refractivity contribution in [3.8, 4) is 0 Å². The Balaban J connectivity index is 2.07. The van der Waals surface area contributed by atoms with Crippen molar-refractivity contribution < 1.29 is 51.0 Å². The monoisotopic (exact) mass is 529 g/mol. The van der Waals surface area contributed by atoms with Crippen molar-refractivity contribution in [3.05, 3.63) is 22.7 Å². The number of hydrogen-bond donors (Lipinski definition) is 5. The molecule has 2 heterocycles. The van der Waals surface area contributed by atoms with Crippen LogP contribution in [0, 0.1) is 0 Å². The molecule has 178 valence electrons. The maximum absolute atomic E-state index is 14.6. The van der Waals surface area contributed by atoms with Crippen LogP contribution in [0.25, 0.3) is 0 Å². The number of ether oxygens (including phenoxy) is 1. The van der Waals surface area contributed by atoms with Gasteiger partial charge < -0.3 is 30.0 Å². The lowest BCUT2D eigenvalue weighted by molar-refractivity contribution is -0.0447. The maximum atomic E-state index is 14.6. The first-order chi connectivity index (χ1) is 14.1. The van der Waals surface area contributed by atoms with Crippen LogP contribution in [0.3, 0.4) is 0 Å². The topological polar surface area (TPSA) is 221 Å². The van der Waals surface area contributed by atoms with Gasteiger partial charge in [-0.25, -0.2) is 22.6 Å². The molecule has 2 rings (SSSR count). The van der Waals surface area contributed by atoms with E-state index in [1.165, 1.54) is 16.8 Å². The summed E-state index contributed by atoms with van der Waals surface area (Å²) in [5.74, 6) is -3.13. The van der Waals surface area contributed by atoms with Gasteiger partial charge >= 0.3 is 28.9 Å². The Morgan fingerprint density at radius 1 is 1.35 bits per heavy atom. The Morgan fingerprint density at radius 3 is 2.55 bits per heavy atom. The molecule has 0 amide bonds. The zero-order valence-electron chi connectivity index (χ0n) is 15.6. The SMILES string of the molecule is Nc1ccn(C[C@H]2CC[C@@](CCl)(C[C@@H](F)P(=O)(O)OP(=O)(O)OP(=O)(O)O)O2)c(=O)n1. The molecule has 1 aromatic rings. The molecule has 0 aromatic carbocycles. The van der Waals surface area contributed by atoms with E-state index in [9.17, 15) is 32.7 Å². The predicted molar refractivity (Wildman–Crippen MR) is 104 cm³/mol. The first kappa shape index (κ1) is 26.6. The third-order valence-electron chi connectivity index (χ3n) is 4.20. The molecule has 2 unspecified atom stereocenters. The summed E-state index contributed by atoms with van der Waals surface area (Å²) in [6.07, 6.45) is 0.268. The van der Waals surface area contributed by atoms with Gasteiger partial charge in [-0.05, 0) is 18.9 Å². The molecule has 0 spiro atoms. The van der Waals surface area contributed by atoms with Crippen LogP contribution in [0.4, 0.5) is 10.2 Å². The Hall–Kier alpha value is -0.690. The van der Waals surface area contributed by atoms with Crippen molar-refractivity contribution in [3.63, 3.8) is 0 Å². The second kappa shape index (κ2) is 9.66. The Labute approximate surface area is 179 Å². The number of nitrogen functional groups attached to an aromatic ring is 1. The minimum absolute atomic E-state index is 0.0109. The number of alkyl halides is 2. The quantitative estimate of drug-likeness (QED) is 0.212. The third-order valence-corrected chi connectivity index (χ3v) is 9.02. The minimum Gasteiger partial charge on any atom is -0.383 e. The van der Waals surface area contributed by atoms with Crippen LogP contribution < -0.4 is 11.4 Å². The second-order valence-corrected chi connectivity index (χ2v) is 11.9. The molecule has 14 nitrogen and oxygen atoms in total. The molecular formula is C12H20ClFN3O11P3. The van der Waals surface area contributed by atoms with Gasteiger partial charge in [0.25, 0.3) is 0 Å². The highest BCUT2D eigenvalue weighted by Crippen LogP contribution is 2.68. The predicted octanol–water partition coefficient (Wildman–Crippen LogP) is 1.08. The van der Waals surface area contributed by atoms with Crippen molar-refractivity contribution >= 4 is 40.7 Å². The number of hydrogen-bond acceptors (Lipinski definition) is 9. The van der Waals surface area contributed by atoms with Gasteiger partial charge in [0.1, 0.15) is 5.82 Å². The molecule has 6 N–H and O–H groups in total. The van der Waals surface area contributed by atoms with E-state index >= 15 is 0 Å². The van der Waals surface area contributed by atoms with Crippen molar-refractivity contribution in [2.45, 2.75) is 43.4 Å². The maximum Gasteiger partial charge on any atom is 0.488 e. The number of aromatic nitrogens is 2. The van der Waals surface area contributed by atoms with Crippen molar-refractivity contribution in [2.24, 2.45) is 0 Å². The van der Waals surface area contributed by atoms with E-state index in [0.29, 0.717) is 0 Å². The van der Waals surface area contributed by atoms with Crippen LogP contribution in [-0.4, -0.2) is 52.6 Å². The third kappa shape index (κ3) is 7.69. The molecule has 1 fully saturated rings. The largest absolute Gasteiger partial charge is 0.488 e. The van der Waals surface area contributed by atoms with Gasteiger partial charge in [0.2, 0.25) is 5.91 Å². The number of halogens is 2. The number of rotatable bonds is 10. The fourth-order valence-corrected chi connectivity index (χ4v) is 6.82. The number of nitrogens with zero attached hydrogens (tertiary/aromatic N) is 2.